The average Bonchev–Trinajstić information content (AvgIpc) is 3.30. The summed E-state index contributed by atoms with van der Waals surface area (Å²) in [6.07, 6.45) is 3.88. The number of nitrogens with one attached hydrogen (secondary N) is 2. The Labute approximate surface area is 202 Å². The lowest BCUT2D eigenvalue weighted by Gasteiger charge is -2.31. The fourth-order valence-corrected chi connectivity index (χ4v) is 3.45. The van der Waals surface area contributed by atoms with Crippen LogP contribution in [0.3, 0.4) is 0 Å². The van der Waals surface area contributed by atoms with Crippen LogP contribution in [-0.2, 0) is 17.8 Å². The van der Waals surface area contributed by atoms with E-state index >= 15 is 0 Å². The number of nitrogens with zero attached hydrogens (tertiary/aromatic N) is 2. The molecule has 0 spiro atoms. The largest absolute Gasteiger partial charge is 0.492 e. The minimum Gasteiger partial charge on any atom is -0.492 e. The highest BCUT2D eigenvalue weighted by Crippen LogP contribution is 2.15. The number of aliphatic imine (C=N–C) groups is 1. The van der Waals surface area contributed by atoms with Crippen molar-refractivity contribution in [3.05, 3.63) is 54.0 Å². The number of furan rings is 1. The van der Waals surface area contributed by atoms with Crippen LogP contribution in [0.5, 0.6) is 5.75 Å². The summed E-state index contributed by atoms with van der Waals surface area (Å²) in [4.78, 5) is 7.05. The molecule has 7 nitrogen and oxygen atoms in total. The fraction of sp³-hybridized carbons (Fsp3) is 0.522. The topological polar surface area (TPSA) is 71.3 Å². The SMILES string of the molecule is CCNC(=NCc1cccc(OCCN(C)C2CCOCC2)c1)NCc1ccco1.I. The molecule has 0 saturated carbocycles. The summed E-state index contributed by atoms with van der Waals surface area (Å²) in [5, 5.41) is 6.54. The molecule has 0 unspecified atom stereocenters. The van der Waals surface area contributed by atoms with E-state index in [1.807, 2.05) is 24.3 Å². The van der Waals surface area contributed by atoms with E-state index < -0.39 is 0 Å². The minimum atomic E-state index is 0. The molecule has 0 bridgehead atoms. The van der Waals surface area contributed by atoms with Crippen LogP contribution in [0.15, 0.2) is 52.1 Å². The third-order valence-corrected chi connectivity index (χ3v) is 5.20. The smallest absolute Gasteiger partial charge is 0.191 e. The Bertz CT molecular complexity index is 764. The lowest BCUT2D eigenvalue weighted by molar-refractivity contribution is 0.0392. The summed E-state index contributed by atoms with van der Waals surface area (Å²) in [5.74, 6) is 2.52. The highest BCUT2D eigenvalue weighted by atomic mass is 127. The van der Waals surface area contributed by atoms with Crippen LogP contribution in [0.1, 0.15) is 31.1 Å². The Hall–Kier alpha value is -1.78. The Morgan fingerprint density at radius 2 is 2.03 bits per heavy atom. The van der Waals surface area contributed by atoms with E-state index in [1.165, 1.54) is 0 Å². The molecule has 0 atom stereocenters. The van der Waals surface area contributed by atoms with Crippen molar-refractivity contribution in [1.82, 2.24) is 15.5 Å². The molecule has 1 aliphatic rings. The maximum absolute atomic E-state index is 5.99. The maximum atomic E-state index is 5.99. The van der Waals surface area contributed by atoms with Gasteiger partial charge in [0.2, 0.25) is 0 Å². The highest BCUT2D eigenvalue weighted by Gasteiger charge is 2.17. The second kappa shape index (κ2) is 14.3. The molecule has 2 heterocycles. The zero-order valence-electron chi connectivity index (χ0n) is 18.5. The molecule has 3 rings (SSSR count). The first-order valence-electron chi connectivity index (χ1n) is 10.8. The monoisotopic (exact) mass is 542 g/mol. The number of halogens is 1. The van der Waals surface area contributed by atoms with Crippen molar-refractivity contribution < 1.29 is 13.9 Å². The third kappa shape index (κ3) is 9.08. The first kappa shape index (κ1) is 25.5. The van der Waals surface area contributed by atoms with Gasteiger partial charge in [0.1, 0.15) is 18.1 Å². The molecule has 1 saturated heterocycles. The van der Waals surface area contributed by atoms with E-state index in [1.54, 1.807) is 6.26 Å². The summed E-state index contributed by atoms with van der Waals surface area (Å²) in [7, 11) is 2.17. The second-order valence-corrected chi connectivity index (χ2v) is 7.45. The van der Waals surface area contributed by atoms with Crippen LogP contribution >= 0.6 is 24.0 Å². The Balaban J connectivity index is 0.00000341. The van der Waals surface area contributed by atoms with Gasteiger partial charge >= 0.3 is 0 Å². The van der Waals surface area contributed by atoms with E-state index in [2.05, 4.69) is 46.6 Å². The Morgan fingerprint density at radius 3 is 2.77 bits per heavy atom. The molecule has 172 valence electrons. The standard InChI is InChI=1S/C23H34N4O3.HI/c1-3-24-23(26-18-22-8-5-12-29-22)25-17-19-6-4-7-21(16-19)30-15-11-27(2)20-9-13-28-14-10-20;/h4-8,12,16,20H,3,9-11,13-15,17-18H2,1-2H3,(H2,24,25,26);1H. The van der Waals surface area contributed by atoms with Gasteiger partial charge in [-0.3, -0.25) is 4.90 Å². The van der Waals surface area contributed by atoms with E-state index in [9.17, 15) is 0 Å². The maximum Gasteiger partial charge on any atom is 0.191 e. The molecular weight excluding hydrogens is 507 g/mol. The van der Waals surface area contributed by atoms with E-state index in [0.29, 0.717) is 25.7 Å². The molecule has 0 aliphatic carbocycles. The lowest BCUT2D eigenvalue weighted by atomic mass is 10.1. The zero-order valence-corrected chi connectivity index (χ0v) is 20.8. The van der Waals surface area contributed by atoms with Gasteiger partial charge < -0.3 is 24.5 Å². The predicted octanol–water partition coefficient (Wildman–Crippen LogP) is 3.64. The van der Waals surface area contributed by atoms with Crippen molar-refractivity contribution >= 4 is 29.9 Å². The van der Waals surface area contributed by atoms with Gasteiger partial charge in [-0.2, -0.15) is 0 Å². The third-order valence-electron chi connectivity index (χ3n) is 5.20. The molecular formula is C23H35IN4O3. The second-order valence-electron chi connectivity index (χ2n) is 7.45. The van der Waals surface area contributed by atoms with Crippen LogP contribution < -0.4 is 15.4 Å². The van der Waals surface area contributed by atoms with Gasteiger partial charge in [-0.15, -0.1) is 24.0 Å². The van der Waals surface area contributed by atoms with E-state index in [-0.39, 0.29) is 24.0 Å². The molecule has 1 aliphatic heterocycles. The molecule has 0 radical (unpaired) electrons. The molecule has 8 heteroatoms. The van der Waals surface area contributed by atoms with Crippen molar-refractivity contribution in [1.29, 1.82) is 0 Å². The molecule has 0 amide bonds. The molecule has 1 aromatic heterocycles. The zero-order chi connectivity index (χ0) is 21.0. The molecule has 2 aromatic rings. The average molecular weight is 542 g/mol. The number of guanidine groups is 1. The number of hydrogen-bond acceptors (Lipinski definition) is 5. The van der Waals surface area contributed by atoms with Crippen LogP contribution in [0.4, 0.5) is 0 Å². The van der Waals surface area contributed by atoms with Crippen LogP contribution in [0.2, 0.25) is 0 Å². The van der Waals surface area contributed by atoms with E-state index in [0.717, 1.165) is 62.2 Å². The number of rotatable bonds is 10. The first-order valence-corrected chi connectivity index (χ1v) is 10.8. The van der Waals surface area contributed by atoms with Crippen molar-refractivity contribution in [3.63, 3.8) is 0 Å². The van der Waals surface area contributed by atoms with Gasteiger partial charge in [0, 0.05) is 32.3 Å². The summed E-state index contributed by atoms with van der Waals surface area (Å²) in [5.41, 5.74) is 1.11. The number of hydrogen-bond donors (Lipinski definition) is 2. The highest BCUT2D eigenvalue weighted by molar-refractivity contribution is 14.0. The van der Waals surface area contributed by atoms with Crippen molar-refractivity contribution in [3.8, 4) is 5.75 Å². The van der Waals surface area contributed by atoms with Gasteiger partial charge in [-0.25, -0.2) is 4.99 Å². The van der Waals surface area contributed by atoms with Gasteiger partial charge in [0.25, 0.3) is 0 Å². The summed E-state index contributed by atoms with van der Waals surface area (Å²) >= 11 is 0. The summed E-state index contributed by atoms with van der Waals surface area (Å²) in [6.45, 7) is 7.34. The first-order chi connectivity index (χ1) is 14.7. The summed E-state index contributed by atoms with van der Waals surface area (Å²) in [6, 6.07) is 12.6. The Morgan fingerprint density at radius 1 is 1.19 bits per heavy atom. The van der Waals surface area contributed by atoms with Crippen molar-refractivity contribution in [2.75, 3.05) is 40.0 Å². The molecule has 31 heavy (non-hydrogen) atoms. The van der Waals surface area contributed by atoms with Crippen LogP contribution in [0.25, 0.3) is 0 Å². The number of likely N-dealkylation sites (N-methyl/N-ethyl adjacent to an activating group) is 1. The molecule has 1 fully saturated rings. The van der Waals surface area contributed by atoms with Crippen LogP contribution in [-0.4, -0.2) is 56.9 Å². The van der Waals surface area contributed by atoms with E-state index in [4.69, 9.17) is 13.9 Å². The molecule has 2 N–H and O–H groups in total. The molecule has 1 aromatic carbocycles. The van der Waals surface area contributed by atoms with Gasteiger partial charge in [0.15, 0.2) is 5.96 Å². The Kier molecular flexibility index (Phi) is 11.8. The van der Waals surface area contributed by atoms with Gasteiger partial charge in [-0.1, -0.05) is 12.1 Å². The predicted molar refractivity (Wildman–Crippen MR) is 134 cm³/mol. The van der Waals surface area contributed by atoms with Gasteiger partial charge in [-0.05, 0) is 56.6 Å². The van der Waals surface area contributed by atoms with Crippen molar-refractivity contribution in [2.24, 2.45) is 4.99 Å². The number of ether oxygens (including phenoxy) is 2. The normalized spacial score (nSPS) is 14.9. The van der Waals surface area contributed by atoms with Crippen LogP contribution in [0, 0.1) is 0 Å². The summed E-state index contributed by atoms with van der Waals surface area (Å²) < 4.78 is 16.8. The number of benzene rings is 1. The van der Waals surface area contributed by atoms with Gasteiger partial charge in [0.05, 0.1) is 19.4 Å². The van der Waals surface area contributed by atoms with Crippen molar-refractivity contribution in [2.45, 2.75) is 38.9 Å². The fourth-order valence-electron chi connectivity index (χ4n) is 3.45. The quantitative estimate of drug-likeness (QED) is 0.272. The lowest BCUT2D eigenvalue weighted by Crippen LogP contribution is -2.38. The minimum absolute atomic E-state index is 0.